The second-order valence-electron chi connectivity index (χ2n) is 6.45. The number of rotatable bonds is 5. The van der Waals surface area contributed by atoms with E-state index in [9.17, 15) is 9.90 Å². The molecule has 3 atom stereocenters. The molecule has 2 N–H and O–H groups in total. The summed E-state index contributed by atoms with van der Waals surface area (Å²) in [7, 11) is 3.49. The van der Waals surface area contributed by atoms with Gasteiger partial charge in [-0.05, 0) is 50.3 Å². The van der Waals surface area contributed by atoms with Gasteiger partial charge < -0.3 is 15.2 Å². The minimum absolute atomic E-state index is 0.0791. The molecule has 0 aromatic heterocycles. The van der Waals surface area contributed by atoms with E-state index in [-0.39, 0.29) is 17.5 Å². The van der Waals surface area contributed by atoms with Gasteiger partial charge in [-0.25, -0.2) is 0 Å². The third-order valence-electron chi connectivity index (χ3n) is 4.89. The molecule has 4 nitrogen and oxygen atoms in total. The van der Waals surface area contributed by atoms with E-state index in [1.165, 1.54) is 0 Å². The van der Waals surface area contributed by atoms with Crippen LogP contribution < -0.4 is 10.1 Å². The first-order valence-corrected chi connectivity index (χ1v) is 9.05. The summed E-state index contributed by atoms with van der Waals surface area (Å²) in [5, 5.41) is 13.9. The second kappa shape index (κ2) is 9.67. The Hall–Kier alpha value is -1.55. The number of carbonyl (C=O) groups excluding carboxylic acids is 1. The van der Waals surface area contributed by atoms with Gasteiger partial charge in [-0.2, -0.15) is 0 Å². The van der Waals surface area contributed by atoms with Gasteiger partial charge in [0.05, 0.1) is 7.11 Å². The van der Waals surface area contributed by atoms with E-state index in [0.717, 1.165) is 24.0 Å². The SMILES string of the molecule is CC.CNC(C)Cc1ccc(OC)c(O)c1C1CC(=O)CCC1C. The average Bonchev–Trinajstić information content (AvgIpc) is 2.59. The number of nitrogens with one attached hydrogen (secondary N) is 1. The number of carbonyl (C=O) groups is 1. The molecule has 1 aliphatic carbocycles. The van der Waals surface area contributed by atoms with Gasteiger partial charge in [0, 0.05) is 24.4 Å². The third-order valence-corrected chi connectivity index (χ3v) is 4.89. The molecule has 1 fully saturated rings. The lowest BCUT2D eigenvalue weighted by molar-refractivity contribution is -0.121. The minimum Gasteiger partial charge on any atom is -0.504 e. The highest BCUT2D eigenvalue weighted by molar-refractivity contribution is 5.80. The van der Waals surface area contributed by atoms with Crippen molar-refractivity contribution < 1.29 is 14.6 Å². The molecular weight excluding hydrogens is 302 g/mol. The predicted octanol–water partition coefficient (Wildman–Crippen LogP) is 4.05. The quantitative estimate of drug-likeness (QED) is 0.852. The molecule has 0 heterocycles. The van der Waals surface area contributed by atoms with Gasteiger partial charge in [-0.1, -0.05) is 26.8 Å². The van der Waals surface area contributed by atoms with E-state index >= 15 is 0 Å². The average molecular weight is 335 g/mol. The van der Waals surface area contributed by atoms with Crippen molar-refractivity contribution in [2.75, 3.05) is 14.2 Å². The van der Waals surface area contributed by atoms with Crippen molar-refractivity contribution >= 4 is 5.78 Å². The number of ketones is 1. The van der Waals surface area contributed by atoms with Crippen LogP contribution in [-0.2, 0) is 11.2 Å². The Morgan fingerprint density at radius 3 is 2.62 bits per heavy atom. The summed E-state index contributed by atoms with van der Waals surface area (Å²) >= 11 is 0. The summed E-state index contributed by atoms with van der Waals surface area (Å²) in [6.45, 7) is 8.28. The molecule has 0 aliphatic heterocycles. The Morgan fingerprint density at radius 1 is 1.38 bits per heavy atom. The van der Waals surface area contributed by atoms with Crippen LogP contribution in [0.4, 0.5) is 0 Å². The van der Waals surface area contributed by atoms with Crippen molar-refractivity contribution in [2.45, 2.75) is 65.3 Å². The monoisotopic (exact) mass is 335 g/mol. The van der Waals surface area contributed by atoms with Crippen LogP contribution in [-0.4, -0.2) is 31.1 Å². The fourth-order valence-corrected chi connectivity index (χ4v) is 3.34. The zero-order valence-corrected chi connectivity index (χ0v) is 16.0. The molecule has 1 saturated carbocycles. The molecule has 2 rings (SSSR count). The fourth-order valence-electron chi connectivity index (χ4n) is 3.34. The first-order valence-electron chi connectivity index (χ1n) is 9.05. The molecule has 1 aromatic rings. The summed E-state index contributed by atoms with van der Waals surface area (Å²) in [4.78, 5) is 11.9. The van der Waals surface area contributed by atoms with Crippen LogP contribution in [0.3, 0.4) is 0 Å². The van der Waals surface area contributed by atoms with E-state index < -0.39 is 0 Å². The van der Waals surface area contributed by atoms with Crippen molar-refractivity contribution in [1.82, 2.24) is 5.32 Å². The Bertz CT molecular complexity index is 542. The number of Topliss-reactive ketones (excluding diaryl/α,β-unsaturated/α-hetero) is 1. The summed E-state index contributed by atoms with van der Waals surface area (Å²) < 4.78 is 5.27. The van der Waals surface area contributed by atoms with E-state index in [2.05, 4.69) is 19.2 Å². The number of hydrogen-bond acceptors (Lipinski definition) is 4. The zero-order valence-electron chi connectivity index (χ0n) is 16.0. The summed E-state index contributed by atoms with van der Waals surface area (Å²) in [6, 6.07) is 4.14. The molecular formula is C20H33NO3. The molecule has 136 valence electrons. The van der Waals surface area contributed by atoms with Crippen LogP contribution in [0.1, 0.15) is 64.0 Å². The van der Waals surface area contributed by atoms with Gasteiger partial charge in [-0.15, -0.1) is 0 Å². The van der Waals surface area contributed by atoms with Crippen LogP contribution in [0.2, 0.25) is 0 Å². The number of benzene rings is 1. The van der Waals surface area contributed by atoms with Crippen LogP contribution in [0.5, 0.6) is 11.5 Å². The first kappa shape index (κ1) is 20.5. The number of methoxy groups -OCH3 is 1. The van der Waals surface area contributed by atoms with Gasteiger partial charge in [-0.3, -0.25) is 4.79 Å². The number of phenols is 1. The lowest BCUT2D eigenvalue weighted by Gasteiger charge is -2.31. The van der Waals surface area contributed by atoms with Gasteiger partial charge >= 0.3 is 0 Å². The number of likely N-dealkylation sites (N-methyl/N-ethyl adjacent to an activating group) is 1. The maximum Gasteiger partial charge on any atom is 0.161 e. The van der Waals surface area contributed by atoms with Crippen molar-refractivity contribution in [1.29, 1.82) is 0 Å². The molecule has 0 amide bonds. The summed E-state index contributed by atoms with van der Waals surface area (Å²) in [5.41, 5.74) is 2.01. The van der Waals surface area contributed by atoms with Gasteiger partial charge in [0.2, 0.25) is 0 Å². The molecule has 3 unspecified atom stereocenters. The molecule has 0 radical (unpaired) electrons. The maximum atomic E-state index is 11.9. The van der Waals surface area contributed by atoms with E-state index in [1.54, 1.807) is 7.11 Å². The third kappa shape index (κ3) is 4.73. The van der Waals surface area contributed by atoms with Crippen LogP contribution in [0.15, 0.2) is 12.1 Å². The topological polar surface area (TPSA) is 58.6 Å². The molecule has 4 heteroatoms. The van der Waals surface area contributed by atoms with E-state index in [4.69, 9.17) is 4.74 Å². The molecule has 0 saturated heterocycles. The first-order chi connectivity index (χ1) is 11.5. The van der Waals surface area contributed by atoms with Crippen LogP contribution in [0, 0.1) is 5.92 Å². The van der Waals surface area contributed by atoms with Crippen molar-refractivity contribution in [3.05, 3.63) is 23.3 Å². The Kier molecular flexibility index (Phi) is 8.26. The van der Waals surface area contributed by atoms with Gasteiger partial charge in [0.1, 0.15) is 5.78 Å². The molecule has 1 aliphatic rings. The van der Waals surface area contributed by atoms with Gasteiger partial charge in [0.15, 0.2) is 11.5 Å². The lowest BCUT2D eigenvalue weighted by Crippen LogP contribution is -2.26. The smallest absolute Gasteiger partial charge is 0.161 e. The Morgan fingerprint density at radius 2 is 2.04 bits per heavy atom. The summed E-state index contributed by atoms with van der Waals surface area (Å²) in [6.07, 6.45) is 2.88. The van der Waals surface area contributed by atoms with Crippen LogP contribution in [0.25, 0.3) is 0 Å². The highest BCUT2D eigenvalue weighted by Crippen LogP contribution is 2.45. The van der Waals surface area contributed by atoms with E-state index in [0.29, 0.717) is 30.6 Å². The highest BCUT2D eigenvalue weighted by atomic mass is 16.5. The lowest BCUT2D eigenvalue weighted by atomic mass is 9.73. The second-order valence-corrected chi connectivity index (χ2v) is 6.45. The molecule has 0 bridgehead atoms. The summed E-state index contributed by atoms with van der Waals surface area (Å²) in [5.74, 6) is 1.45. The van der Waals surface area contributed by atoms with Crippen LogP contribution >= 0.6 is 0 Å². The largest absolute Gasteiger partial charge is 0.504 e. The van der Waals surface area contributed by atoms with Crippen molar-refractivity contribution in [2.24, 2.45) is 5.92 Å². The van der Waals surface area contributed by atoms with Crippen molar-refractivity contribution in [3.8, 4) is 11.5 Å². The highest BCUT2D eigenvalue weighted by Gasteiger charge is 2.32. The number of phenolic OH excluding ortho intramolecular Hbond substituents is 1. The Labute approximate surface area is 146 Å². The maximum absolute atomic E-state index is 11.9. The minimum atomic E-state index is 0.0791. The zero-order chi connectivity index (χ0) is 18.3. The number of ether oxygens (including phenoxy) is 1. The standard InChI is InChI=1S/C18H27NO3.C2H6/c1-11-5-7-14(20)10-15(11)17-13(9-12(2)19-3)6-8-16(22-4)18(17)21;1-2/h6,8,11-12,15,19,21H,5,7,9-10H2,1-4H3;1-2H3. The molecule has 24 heavy (non-hydrogen) atoms. The molecule has 1 aromatic carbocycles. The normalized spacial score (nSPS) is 21.7. The molecule has 0 spiro atoms. The van der Waals surface area contributed by atoms with Crippen molar-refractivity contribution in [3.63, 3.8) is 0 Å². The van der Waals surface area contributed by atoms with Gasteiger partial charge in [0.25, 0.3) is 0 Å². The number of hydrogen-bond donors (Lipinski definition) is 2. The Balaban J connectivity index is 0.00000139. The predicted molar refractivity (Wildman–Crippen MR) is 99.0 cm³/mol. The fraction of sp³-hybridized carbons (Fsp3) is 0.650. The van der Waals surface area contributed by atoms with E-state index in [1.807, 2.05) is 33.0 Å². The number of aromatic hydroxyl groups is 1.